The van der Waals surface area contributed by atoms with Crippen molar-refractivity contribution in [1.29, 1.82) is 0 Å². The predicted octanol–water partition coefficient (Wildman–Crippen LogP) is 3.20. The lowest BCUT2D eigenvalue weighted by molar-refractivity contribution is 0.175. The normalized spacial score (nSPS) is 15.3. The minimum atomic E-state index is 0.693. The van der Waals surface area contributed by atoms with E-state index in [0.29, 0.717) is 13.2 Å². The summed E-state index contributed by atoms with van der Waals surface area (Å²) in [6.07, 6.45) is 5.37. The summed E-state index contributed by atoms with van der Waals surface area (Å²) in [7, 11) is 0. The smallest absolute Gasteiger partial charge is 0.235 e. The van der Waals surface area contributed by atoms with E-state index < -0.39 is 0 Å². The van der Waals surface area contributed by atoms with E-state index >= 15 is 0 Å². The molecule has 1 aliphatic heterocycles. The van der Waals surface area contributed by atoms with Crippen LogP contribution in [0.25, 0.3) is 0 Å². The largest absolute Gasteiger partial charge is 0.489 e. The van der Waals surface area contributed by atoms with Crippen LogP contribution in [-0.4, -0.2) is 13.2 Å². The third-order valence-electron chi connectivity index (χ3n) is 1.50. The molecular formula is C10H16O3S. The Balaban J connectivity index is 2.51. The van der Waals surface area contributed by atoms with E-state index in [4.69, 9.17) is 13.7 Å². The molecule has 0 saturated heterocycles. The van der Waals surface area contributed by atoms with Crippen molar-refractivity contribution in [3.8, 4) is 0 Å². The van der Waals surface area contributed by atoms with Crippen molar-refractivity contribution in [1.82, 2.24) is 0 Å². The van der Waals surface area contributed by atoms with Crippen LogP contribution in [0.4, 0.5) is 0 Å². The highest BCUT2D eigenvalue weighted by molar-refractivity contribution is 7.98. The molecule has 0 fully saturated rings. The van der Waals surface area contributed by atoms with E-state index in [9.17, 15) is 0 Å². The van der Waals surface area contributed by atoms with Crippen LogP contribution in [-0.2, 0) is 13.7 Å². The lowest BCUT2D eigenvalue weighted by Gasteiger charge is -2.15. The van der Waals surface area contributed by atoms with Crippen molar-refractivity contribution in [3.63, 3.8) is 0 Å². The number of ether oxygens (including phenoxy) is 2. The first-order valence-corrected chi connectivity index (χ1v) is 5.62. The van der Waals surface area contributed by atoms with Crippen LogP contribution < -0.4 is 0 Å². The van der Waals surface area contributed by atoms with Gasteiger partial charge in [0, 0.05) is 6.08 Å². The van der Waals surface area contributed by atoms with Gasteiger partial charge in [-0.3, -0.25) is 0 Å². The molecule has 0 spiro atoms. The molecule has 0 saturated carbocycles. The highest BCUT2D eigenvalue weighted by Gasteiger charge is 2.13. The number of hydrogen-bond donors (Lipinski definition) is 0. The second-order valence-electron chi connectivity index (χ2n) is 2.83. The minimum absolute atomic E-state index is 0.693. The van der Waals surface area contributed by atoms with Gasteiger partial charge < -0.3 is 13.7 Å². The highest BCUT2D eigenvalue weighted by atomic mass is 32.2. The predicted molar refractivity (Wildman–Crippen MR) is 57.3 cm³/mol. The zero-order valence-electron chi connectivity index (χ0n) is 8.62. The van der Waals surface area contributed by atoms with Crippen molar-refractivity contribution in [2.45, 2.75) is 26.7 Å². The average Bonchev–Trinajstić information content (AvgIpc) is 2.24. The van der Waals surface area contributed by atoms with Crippen molar-refractivity contribution in [3.05, 3.63) is 23.2 Å². The van der Waals surface area contributed by atoms with Crippen LogP contribution in [0, 0.1) is 0 Å². The minimum Gasteiger partial charge on any atom is -0.489 e. The third kappa shape index (κ3) is 3.54. The van der Waals surface area contributed by atoms with E-state index in [1.165, 1.54) is 12.0 Å². The Labute approximate surface area is 89.3 Å². The van der Waals surface area contributed by atoms with Crippen LogP contribution in [0.3, 0.4) is 0 Å². The second kappa shape index (κ2) is 6.65. The van der Waals surface area contributed by atoms with E-state index in [-0.39, 0.29) is 0 Å². The van der Waals surface area contributed by atoms with Gasteiger partial charge in [-0.1, -0.05) is 13.8 Å². The Morgan fingerprint density at radius 2 is 1.93 bits per heavy atom. The fourth-order valence-electron chi connectivity index (χ4n) is 0.879. The molecule has 0 N–H and O–H groups in total. The van der Waals surface area contributed by atoms with Gasteiger partial charge in [0.05, 0.1) is 13.2 Å². The quantitative estimate of drug-likeness (QED) is 0.637. The fourth-order valence-corrected chi connectivity index (χ4v) is 1.42. The first-order chi connectivity index (χ1) is 6.88. The van der Waals surface area contributed by atoms with Gasteiger partial charge in [0.1, 0.15) is 18.3 Å². The van der Waals surface area contributed by atoms with Gasteiger partial charge >= 0.3 is 0 Å². The molecule has 0 unspecified atom stereocenters. The molecule has 0 aromatic rings. The van der Waals surface area contributed by atoms with Crippen LogP contribution in [0.15, 0.2) is 23.2 Å². The molecule has 0 atom stereocenters. The molecule has 1 heterocycles. The Hall–Kier alpha value is -0.770. The SMILES string of the molecule is CCCOC1=C(OCCC)SOC=C1. The summed E-state index contributed by atoms with van der Waals surface area (Å²) in [5.41, 5.74) is 0. The Morgan fingerprint density at radius 1 is 1.21 bits per heavy atom. The maximum Gasteiger partial charge on any atom is 0.235 e. The van der Waals surface area contributed by atoms with Crippen molar-refractivity contribution in [2.75, 3.05) is 13.2 Å². The van der Waals surface area contributed by atoms with E-state index in [2.05, 4.69) is 13.8 Å². The van der Waals surface area contributed by atoms with Crippen molar-refractivity contribution >= 4 is 12.0 Å². The van der Waals surface area contributed by atoms with Crippen LogP contribution in [0.1, 0.15) is 26.7 Å². The molecule has 80 valence electrons. The first kappa shape index (κ1) is 11.3. The molecule has 1 aliphatic rings. The first-order valence-electron chi connectivity index (χ1n) is 4.88. The average molecular weight is 216 g/mol. The molecule has 0 aromatic heterocycles. The van der Waals surface area contributed by atoms with Crippen LogP contribution in [0.5, 0.6) is 0 Å². The summed E-state index contributed by atoms with van der Waals surface area (Å²) >= 11 is 1.21. The molecule has 1 rings (SSSR count). The monoisotopic (exact) mass is 216 g/mol. The van der Waals surface area contributed by atoms with Crippen LogP contribution in [0.2, 0.25) is 0 Å². The van der Waals surface area contributed by atoms with Crippen molar-refractivity contribution < 1.29 is 13.7 Å². The van der Waals surface area contributed by atoms with Gasteiger partial charge in [-0.2, -0.15) is 0 Å². The Kier molecular flexibility index (Phi) is 5.37. The van der Waals surface area contributed by atoms with Gasteiger partial charge in [0.25, 0.3) is 0 Å². The summed E-state index contributed by atoms with van der Waals surface area (Å²) in [6, 6.07) is 0. The van der Waals surface area contributed by atoms with Crippen molar-refractivity contribution in [2.24, 2.45) is 0 Å². The van der Waals surface area contributed by atoms with Gasteiger partial charge in [0.15, 0.2) is 5.76 Å². The molecule has 3 nitrogen and oxygen atoms in total. The molecule has 0 amide bonds. The lowest BCUT2D eigenvalue weighted by Crippen LogP contribution is -2.02. The second-order valence-corrected chi connectivity index (χ2v) is 3.56. The third-order valence-corrected chi connectivity index (χ3v) is 2.18. The standard InChI is InChI=1S/C10H16O3S/c1-3-6-11-9-5-8-13-14-10(9)12-7-4-2/h5,8H,3-4,6-7H2,1-2H3. The molecule has 0 bridgehead atoms. The lowest BCUT2D eigenvalue weighted by atomic mass is 10.5. The Morgan fingerprint density at radius 3 is 2.64 bits per heavy atom. The van der Waals surface area contributed by atoms with E-state index in [1.807, 2.05) is 0 Å². The van der Waals surface area contributed by atoms with Crippen LogP contribution >= 0.6 is 12.0 Å². The summed E-state index contributed by atoms with van der Waals surface area (Å²) in [6.45, 7) is 5.54. The summed E-state index contributed by atoms with van der Waals surface area (Å²) < 4.78 is 16.1. The molecule has 0 aliphatic carbocycles. The summed E-state index contributed by atoms with van der Waals surface area (Å²) in [5, 5.41) is 0.725. The van der Waals surface area contributed by atoms with Gasteiger partial charge in [-0.25, -0.2) is 0 Å². The maximum absolute atomic E-state index is 5.51. The maximum atomic E-state index is 5.51. The summed E-state index contributed by atoms with van der Waals surface area (Å²) in [4.78, 5) is 0. The molecule has 0 radical (unpaired) electrons. The molecule has 0 aromatic carbocycles. The van der Waals surface area contributed by atoms with E-state index in [0.717, 1.165) is 23.7 Å². The van der Waals surface area contributed by atoms with Gasteiger partial charge in [-0.15, -0.1) is 0 Å². The zero-order valence-corrected chi connectivity index (χ0v) is 9.43. The fraction of sp³-hybridized carbons (Fsp3) is 0.600. The number of allylic oxidation sites excluding steroid dienone is 1. The topological polar surface area (TPSA) is 27.7 Å². The zero-order chi connectivity index (χ0) is 10.2. The molecule has 14 heavy (non-hydrogen) atoms. The molecule has 4 heteroatoms. The highest BCUT2D eigenvalue weighted by Crippen LogP contribution is 2.28. The Bertz CT molecular complexity index is 223. The van der Waals surface area contributed by atoms with Gasteiger partial charge in [-0.05, 0) is 12.8 Å². The number of hydrogen-bond acceptors (Lipinski definition) is 4. The van der Waals surface area contributed by atoms with Gasteiger partial charge in [0.2, 0.25) is 5.09 Å². The van der Waals surface area contributed by atoms with E-state index in [1.54, 1.807) is 12.3 Å². The molecular weight excluding hydrogens is 200 g/mol. The summed E-state index contributed by atoms with van der Waals surface area (Å²) in [5.74, 6) is 0.775. The number of rotatable bonds is 6.